The molecule has 1 fully saturated rings. The molecule has 2 aromatic rings. The molecule has 0 spiro atoms. The largest absolute Gasteiger partial charge is 0.491 e. The van der Waals surface area contributed by atoms with Crippen molar-refractivity contribution in [2.24, 2.45) is 0 Å². The molecule has 132 valence electrons. The minimum Gasteiger partial charge on any atom is -0.491 e. The number of aromatic nitrogens is 1. The summed E-state index contributed by atoms with van der Waals surface area (Å²) in [6, 6.07) is 8.98. The predicted molar refractivity (Wildman–Crippen MR) is 94.8 cm³/mol. The van der Waals surface area contributed by atoms with Crippen molar-refractivity contribution in [2.45, 2.75) is 20.0 Å². The number of hydrogen-bond donors (Lipinski definition) is 1. The van der Waals surface area contributed by atoms with Crippen LogP contribution in [0.15, 0.2) is 42.7 Å². The topological polar surface area (TPSA) is 65.6 Å². The lowest BCUT2D eigenvalue weighted by Crippen LogP contribution is -2.50. The van der Waals surface area contributed by atoms with Gasteiger partial charge in [-0.2, -0.15) is 0 Å². The number of piperazine rings is 1. The molecule has 3 rings (SSSR count). The number of hydrogen-bond acceptors (Lipinski definition) is 3. The van der Waals surface area contributed by atoms with Crippen molar-refractivity contribution in [3.05, 3.63) is 53.9 Å². The summed E-state index contributed by atoms with van der Waals surface area (Å²) in [4.78, 5) is 31.4. The molecule has 6 nitrogen and oxygen atoms in total. The fraction of sp³-hybridized carbons (Fsp3) is 0.368. The Kier molecular flexibility index (Phi) is 5.07. The Morgan fingerprint density at radius 1 is 0.920 bits per heavy atom. The second-order valence-corrected chi connectivity index (χ2v) is 6.38. The van der Waals surface area contributed by atoms with Gasteiger partial charge in [0, 0.05) is 44.1 Å². The van der Waals surface area contributed by atoms with Gasteiger partial charge in [0.15, 0.2) is 0 Å². The smallest absolute Gasteiger partial charge is 0.255 e. The lowest BCUT2D eigenvalue weighted by Gasteiger charge is -2.34. The molecular formula is C19H23N3O3. The van der Waals surface area contributed by atoms with Crippen molar-refractivity contribution in [1.29, 1.82) is 0 Å². The van der Waals surface area contributed by atoms with Gasteiger partial charge in [0.25, 0.3) is 11.8 Å². The molecule has 0 atom stereocenters. The predicted octanol–water partition coefficient (Wildman–Crippen LogP) is 2.40. The zero-order valence-corrected chi connectivity index (χ0v) is 14.6. The van der Waals surface area contributed by atoms with Crippen LogP contribution in [0.2, 0.25) is 0 Å². The summed E-state index contributed by atoms with van der Waals surface area (Å²) >= 11 is 0. The standard InChI is InChI=1S/C19H23N3O3/c1-14(2)25-17-5-3-15(4-6-17)18(23)21-9-11-22(12-10-21)19(24)16-7-8-20-13-16/h3-8,13-14,20H,9-12H2,1-2H3. The third-order valence-electron chi connectivity index (χ3n) is 4.17. The third-order valence-corrected chi connectivity index (χ3v) is 4.17. The first-order valence-corrected chi connectivity index (χ1v) is 8.52. The number of rotatable bonds is 4. The minimum absolute atomic E-state index is 0.00327. The molecule has 6 heteroatoms. The van der Waals surface area contributed by atoms with E-state index in [0.29, 0.717) is 37.3 Å². The van der Waals surface area contributed by atoms with Gasteiger partial charge in [-0.25, -0.2) is 0 Å². The molecule has 1 aromatic heterocycles. The van der Waals surface area contributed by atoms with Crippen LogP contribution in [0.25, 0.3) is 0 Å². The summed E-state index contributed by atoms with van der Waals surface area (Å²) in [5.74, 6) is 0.752. The molecule has 1 N–H and O–H groups in total. The van der Waals surface area contributed by atoms with Gasteiger partial charge < -0.3 is 19.5 Å². The first kappa shape index (κ1) is 17.1. The van der Waals surface area contributed by atoms with Crippen LogP contribution in [0.4, 0.5) is 0 Å². The average molecular weight is 341 g/mol. The maximum absolute atomic E-state index is 12.6. The van der Waals surface area contributed by atoms with E-state index in [1.54, 1.807) is 40.4 Å². The van der Waals surface area contributed by atoms with E-state index in [4.69, 9.17) is 4.74 Å². The molecule has 2 heterocycles. The minimum atomic E-state index is -0.00941. The second-order valence-electron chi connectivity index (χ2n) is 6.38. The normalized spacial score (nSPS) is 14.7. The molecule has 0 bridgehead atoms. The first-order valence-electron chi connectivity index (χ1n) is 8.52. The van der Waals surface area contributed by atoms with Gasteiger partial charge in [0.1, 0.15) is 5.75 Å². The van der Waals surface area contributed by atoms with Crippen molar-refractivity contribution in [3.8, 4) is 5.75 Å². The number of ether oxygens (including phenoxy) is 1. The Labute approximate surface area is 147 Å². The number of H-pyrrole nitrogens is 1. The Bertz CT molecular complexity index is 715. The zero-order chi connectivity index (χ0) is 17.8. The lowest BCUT2D eigenvalue weighted by atomic mass is 10.1. The van der Waals surface area contributed by atoms with Crippen molar-refractivity contribution >= 4 is 11.8 Å². The fourth-order valence-electron chi connectivity index (χ4n) is 2.88. The highest BCUT2D eigenvalue weighted by molar-refractivity contribution is 5.96. The van der Waals surface area contributed by atoms with E-state index < -0.39 is 0 Å². The maximum Gasteiger partial charge on any atom is 0.255 e. The fourth-order valence-corrected chi connectivity index (χ4v) is 2.88. The number of nitrogens with one attached hydrogen (secondary N) is 1. The summed E-state index contributed by atoms with van der Waals surface area (Å²) in [5, 5.41) is 0. The molecular weight excluding hydrogens is 318 g/mol. The van der Waals surface area contributed by atoms with Gasteiger partial charge >= 0.3 is 0 Å². The van der Waals surface area contributed by atoms with Crippen molar-refractivity contribution in [2.75, 3.05) is 26.2 Å². The highest BCUT2D eigenvalue weighted by Gasteiger charge is 2.25. The summed E-state index contributed by atoms with van der Waals surface area (Å²) in [7, 11) is 0. The summed E-state index contributed by atoms with van der Waals surface area (Å²) in [6.07, 6.45) is 3.53. The second kappa shape index (κ2) is 7.42. The van der Waals surface area contributed by atoms with Crippen LogP contribution in [0.1, 0.15) is 34.6 Å². The number of benzene rings is 1. The molecule has 2 amide bonds. The lowest BCUT2D eigenvalue weighted by molar-refractivity contribution is 0.0535. The van der Waals surface area contributed by atoms with Gasteiger partial charge in [0.2, 0.25) is 0 Å². The molecule has 25 heavy (non-hydrogen) atoms. The number of nitrogens with zero attached hydrogens (tertiary/aromatic N) is 2. The van der Waals surface area contributed by atoms with Gasteiger partial charge in [-0.3, -0.25) is 9.59 Å². The van der Waals surface area contributed by atoms with E-state index >= 15 is 0 Å². The molecule has 0 saturated carbocycles. The van der Waals surface area contributed by atoms with Crippen LogP contribution >= 0.6 is 0 Å². The Morgan fingerprint density at radius 2 is 1.48 bits per heavy atom. The molecule has 1 aromatic carbocycles. The van der Waals surface area contributed by atoms with E-state index in [1.165, 1.54) is 0 Å². The van der Waals surface area contributed by atoms with Gasteiger partial charge in [-0.1, -0.05) is 0 Å². The van der Waals surface area contributed by atoms with Crippen LogP contribution in [-0.2, 0) is 0 Å². The van der Waals surface area contributed by atoms with Crippen molar-refractivity contribution in [1.82, 2.24) is 14.8 Å². The maximum atomic E-state index is 12.6. The van der Waals surface area contributed by atoms with E-state index in [0.717, 1.165) is 5.75 Å². The molecule has 0 radical (unpaired) electrons. The number of aromatic amines is 1. The van der Waals surface area contributed by atoms with Crippen LogP contribution in [0, 0.1) is 0 Å². The summed E-state index contributed by atoms with van der Waals surface area (Å²) in [6.45, 7) is 6.10. The molecule has 1 aliphatic heterocycles. The van der Waals surface area contributed by atoms with Gasteiger partial charge in [-0.05, 0) is 44.2 Å². The van der Waals surface area contributed by atoms with E-state index in [-0.39, 0.29) is 17.9 Å². The zero-order valence-electron chi connectivity index (χ0n) is 14.6. The van der Waals surface area contributed by atoms with Crippen molar-refractivity contribution < 1.29 is 14.3 Å². The van der Waals surface area contributed by atoms with E-state index in [2.05, 4.69) is 4.98 Å². The van der Waals surface area contributed by atoms with Crippen molar-refractivity contribution in [3.63, 3.8) is 0 Å². The Balaban J connectivity index is 1.57. The van der Waals surface area contributed by atoms with Crippen LogP contribution < -0.4 is 4.74 Å². The number of amides is 2. The molecule has 0 unspecified atom stereocenters. The van der Waals surface area contributed by atoms with Crippen LogP contribution in [-0.4, -0.2) is 58.9 Å². The highest BCUT2D eigenvalue weighted by Crippen LogP contribution is 2.16. The summed E-state index contributed by atoms with van der Waals surface area (Å²) < 4.78 is 5.60. The van der Waals surface area contributed by atoms with E-state index in [1.807, 2.05) is 26.0 Å². The van der Waals surface area contributed by atoms with Crippen LogP contribution in [0.5, 0.6) is 5.75 Å². The van der Waals surface area contributed by atoms with E-state index in [9.17, 15) is 9.59 Å². The third kappa shape index (κ3) is 4.02. The Morgan fingerprint density at radius 3 is 1.96 bits per heavy atom. The molecule has 1 saturated heterocycles. The van der Waals surface area contributed by atoms with Gasteiger partial charge in [-0.15, -0.1) is 0 Å². The quantitative estimate of drug-likeness (QED) is 0.929. The SMILES string of the molecule is CC(C)Oc1ccc(C(=O)N2CCN(C(=O)c3cc[nH]c3)CC2)cc1. The first-order chi connectivity index (χ1) is 12.0. The monoisotopic (exact) mass is 341 g/mol. The highest BCUT2D eigenvalue weighted by atomic mass is 16.5. The molecule has 1 aliphatic rings. The van der Waals surface area contributed by atoms with Crippen LogP contribution in [0.3, 0.4) is 0 Å². The Hall–Kier alpha value is -2.76. The number of carbonyl (C=O) groups is 2. The molecule has 0 aliphatic carbocycles. The summed E-state index contributed by atoms with van der Waals surface area (Å²) in [5.41, 5.74) is 1.29. The van der Waals surface area contributed by atoms with Gasteiger partial charge in [0.05, 0.1) is 11.7 Å². The number of carbonyl (C=O) groups excluding carboxylic acids is 2. The average Bonchev–Trinajstić information content (AvgIpc) is 3.15.